The zero-order chi connectivity index (χ0) is 13.3. The van der Waals surface area contributed by atoms with Gasteiger partial charge in [0.2, 0.25) is 5.89 Å². The molecule has 2 rings (SSSR count). The van der Waals surface area contributed by atoms with Crippen LogP contribution in [0, 0.1) is 5.92 Å². The number of rotatable bonds is 8. The van der Waals surface area contributed by atoms with Crippen molar-refractivity contribution in [2.45, 2.75) is 19.4 Å². The van der Waals surface area contributed by atoms with Gasteiger partial charge in [0.05, 0.1) is 19.8 Å². The summed E-state index contributed by atoms with van der Waals surface area (Å²) >= 11 is 0. The highest BCUT2D eigenvalue weighted by Crippen LogP contribution is 2.14. The van der Waals surface area contributed by atoms with Gasteiger partial charge in [0.1, 0.15) is 0 Å². The van der Waals surface area contributed by atoms with Crippen molar-refractivity contribution in [1.82, 2.24) is 15.5 Å². The standard InChI is InChI=1S/C12H22N4O3/c1-17-6-4-13-8-11-15-16-12(19-11)14-7-10-3-2-5-18-9-10/h10,13H,2-9H2,1H3,(H,14,16). The van der Waals surface area contributed by atoms with Gasteiger partial charge >= 0.3 is 6.01 Å². The minimum Gasteiger partial charge on any atom is -0.407 e. The Morgan fingerprint density at radius 3 is 3.16 bits per heavy atom. The molecule has 1 unspecified atom stereocenters. The van der Waals surface area contributed by atoms with E-state index in [2.05, 4.69) is 20.8 Å². The number of aromatic nitrogens is 2. The van der Waals surface area contributed by atoms with Crippen LogP contribution in [0.1, 0.15) is 18.7 Å². The summed E-state index contributed by atoms with van der Waals surface area (Å²) in [5, 5.41) is 14.2. The van der Waals surface area contributed by atoms with Gasteiger partial charge in [-0.3, -0.25) is 0 Å². The largest absolute Gasteiger partial charge is 0.407 e. The Labute approximate surface area is 113 Å². The van der Waals surface area contributed by atoms with E-state index in [1.807, 2.05) is 0 Å². The molecule has 2 N–H and O–H groups in total. The van der Waals surface area contributed by atoms with E-state index in [1.165, 1.54) is 6.42 Å². The number of hydrogen-bond acceptors (Lipinski definition) is 7. The lowest BCUT2D eigenvalue weighted by Crippen LogP contribution is -2.24. The van der Waals surface area contributed by atoms with Gasteiger partial charge in [-0.05, 0) is 18.8 Å². The first-order chi connectivity index (χ1) is 9.38. The minimum atomic E-state index is 0.481. The molecule has 1 aromatic heterocycles. The summed E-state index contributed by atoms with van der Waals surface area (Å²) in [6, 6.07) is 0.481. The first-order valence-electron chi connectivity index (χ1n) is 6.72. The maximum atomic E-state index is 5.48. The van der Waals surface area contributed by atoms with Crippen LogP contribution in [0.25, 0.3) is 0 Å². The van der Waals surface area contributed by atoms with E-state index in [4.69, 9.17) is 13.9 Å². The van der Waals surface area contributed by atoms with Crippen LogP contribution in [-0.4, -0.2) is 50.2 Å². The molecule has 7 heteroatoms. The van der Waals surface area contributed by atoms with E-state index in [9.17, 15) is 0 Å². The molecule has 1 atom stereocenters. The predicted molar refractivity (Wildman–Crippen MR) is 69.9 cm³/mol. The Morgan fingerprint density at radius 1 is 1.42 bits per heavy atom. The summed E-state index contributed by atoms with van der Waals surface area (Å²) in [5.74, 6) is 1.11. The predicted octanol–water partition coefficient (Wildman–Crippen LogP) is 0.644. The lowest BCUT2D eigenvalue weighted by atomic mass is 10.0. The van der Waals surface area contributed by atoms with Crippen LogP contribution >= 0.6 is 0 Å². The van der Waals surface area contributed by atoms with Gasteiger partial charge in [-0.1, -0.05) is 5.10 Å². The molecule has 19 heavy (non-hydrogen) atoms. The molecular formula is C12H22N4O3. The molecular weight excluding hydrogens is 248 g/mol. The smallest absolute Gasteiger partial charge is 0.315 e. The lowest BCUT2D eigenvalue weighted by molar-refractivity contribution is 0.0593. The summed E-state index contributed by atoms with van der Waals surface area (Å²) in [4.78, 5) is 0. The molecule has 2 heterocycles. The third kappa shape index (κ3) is 5.14. The Balaban J connectivity index is 1.65. The number of nitrogens with one attached hydrogen (secondary N) is 2. The summed E-state index contributed by atoms with van der Waals surface area (Å²) in [6.45, 7) is 4.51. The number of hydrogen-bond donors (Lipinski definition) is 2. The molecule has 0 aliphatic carbocycles. The molecule has 0 amide bonds. The quantitative estimate of drug-likeness (QED) is 0.671. The minimum absolute atomic E-state index is 0.481. The fourth-order valence-electron chi connectivity index (χ4n) is 1.97. The number of anilines is 1. The molecule has 108 valence electrons. The van der Waals surface area contributed by atoms with Crippen LogP contribution < -0.4 is 10.6 Å². The van der Waals surface area contributed by atoms with Gasteiger partial charge in [-0.2, -0.15) is 0 Å². The van der Waals surface area contributed by atoms with E-state index >= 15 is 0 Å². The maximum absolute atomic E-state index is 5.48. The van der Waals surface area contributed by atoms with Crippen LogP contribution in [0.2, 0.25) is 0 Å². The Morgan fingerprint density at radius 2 is 2.37 bits per heavy atom. The van der Waals surface area contributed by atoms with E-state index < -0.39 is 0 Å². The molecule has 0 aromatic carbocycles. The first-order valence-corrected chi connectivity index (χ1v) is 6.72. The number of ether oxygens (including phenoxy) is 2. The molecule has 1 aliphatic heterocycles. The average molecular weight is 270 g/mol. The fraction of sp³-hybridized carbons (Fsp3) is 0.833. The van der Waals surface area contributed by atoms with Crippen LogP contribution in [0.5, 0.6) is 0 Å². The van der Waals surface area contributed by atoms with E-state index in [1.54, 1.807) is 7.11 Å². The zero-order valence-corrected chi connectivity index (χ0v) is 11.4. The van der Waals surface area contributed by atoms with Gasteiger partial charge in [0.15, 0.2) is 0 Å². The summed E-state index contributed by atoms with van der Waals surface area (Å²) in [7, 11) is 1.67. The van der Waals surface area contributed by atoms with Crippen molar-refractivity contribution in [2.75, 3.05) is 45.3 Å². The normalized spacial score (nSPS) is 19.5. The van der Waals surface area contributed by atoms with Gasteiger partial charge in [-0.15, -0.1) is 5.10 Å². The van der Waals surface area contributed by atoms with Gasteiger partial charge in [-0.25, -0.2) is 0 Å². The SMILES string of the molecule is COCCNCc1nnc(NCC2CCCOC2)o1. The lowest BCUT2D eigenvalue weighted by Gasteiger charge is -2.21. The van der Waals surface area contributed by atoms with Crippen molar-refractivity contribution >= 4 is 6.01 Å². The third-order valence-electron chi connectivity index (χ3n) is 3.02. The highest BCUT2D eigenvalue weighted by atomic mass is 16.5. The topological polar surface area (TPSA) is 81.4 Å². The summed E-state index contributed by atoms with van der Waals surface area (Å²) in [6.07, 6.45) is 2.32. The van der Waals surface area contributed by atoms with Crippen molar-refractivity contribution in [3.05, 3.63) is 5.89 Å². The monoisotopic (exact) mass is 270 g/mol. The van der Waals surface area contributed by atoms with E-state index in [0.717, 1.165) is 32.7 Å². The van der Waals surface area contributed by atoms with Crippen molar-refractivity contribution in [1.29, 1.82) is 0 Å². The summed E-state index contributed by atoms with van der Waals surface area (Å²) in [5.41, 5.74) is 0. The summed E-state index contributed by atoms with van der Waals surface area (Å²) < 4.78 is 15.8. The zero-order valence-electron chi connectivity index (χ0n) is 11.4. The molecule has 1 fully saturated rings. The van der Waals surface area contributed by atoms with Gasteiger partial charge in [0.25, 0.3) is 0 Å². The van der Waals surface area contributed by atoms with Crippen LogP contribution in [0.3, 0.4) is 0 Å². The van der Waals surface area contributed by atoms with Crippen LogP contribution in [0.15, 0.2) is 4.42 Å². The van der Waals surface area contributed by atoms with Crippen molar-refractivity contribution < 1.29 is 13.9 Å². The molecule has 1 aliphatic rings. The van der Waals surface area contributed by atoms with E-state index in [0.29, 0.717) is 31.0 Å². The molecule has 0 saturated carbocycles. The number of methoxy groups -OCH3 is 1. The molecule has 7 nitrogen and oxygen atoms in total. The van der Waals surface area contributed by atoms with E-state index in [-0.39, 0.29) is 0 Å². The second kappa shape index (κ2) is 8.08. The first kappa shape index (κ1) is 14.2. The van der Waals surface area contributed by atoms with Crippen molar-refractivity contribution in [3.63, 3.8) is 0 Å². The van der Waals surface area contributed by atoms with Gasteiger partial charge < -0.3 is 24.5 Å². The molecule has 1 aromatic rings. The highest BCUT2D eigenvalue weighted by molar-refractivity contribution is 5.16. The van der Waals surface area contributed by atoms with Crippen LogP contribution in [-0.2, 0) is 16.0 Å². The molecule has 0 radical (unpaired) electrons. The van der Waals surface area contributed by atoms with Gasteiger partial charge in [0, 0.05) is 26.8 Å². The molecule has 1 saturated heterocycles. The Kier molecular flexibility index (Phi) is 6.06. The second-order valence-corrected chi connectivity index (χ2v) is 4.63. The third-order valence-corrected chi connectivity index (χ3v) is 3.02. The molecule has 0 bridgehead atoms. The fourth-order valence-corrected chi connectivity index (χ4v) is 1.97. The Hall–Kier alpha value is -1.18. The van der Waals surface area contributed by atoms with Crippen LogP contribution in [0.4, 0.5) is 6.01 Å². The highest BCUT2D eigenvalue weighted by Gasteiger charge is 2.14. The molecule has 0 spiro atoms. The Bertz CT molecular complexity index is 352. The average Bonchev–Trinajstić information content (AvgIpc) is 2.91. The second-order valence-electron chi connectivity index (χ2n) is 4.63. The maximum Gasteiger partial charge on any atom is 0.315 e. The van der Waals surface area contributed by atoms with Crippen molar-refractivity contribution in [2.24, 2.45) is 5.92 Å². The van der Waals surface area contributed by atoms with Crippen molar-refractivity contribution in [3.8, 4) is 0 Å². The number of nitrogens with zero attached hydrogens (tertiary/aromatic N) is 2.